The lowest BCUT2D eigenvalue weighted by molar-refractivity contribution is 0.305. The van der Waals surface area contributed by atoms with Crippen LogP contribution in [0.15, 0.2) is 118 Å². The lowest BCUT2D eigenvalue weighted by atomic mass is 9.83. The molecule has 1 unspecified atom stereocenters. The molecule has 1 aliphatic carbocycles. The zero-order chi connectivity index (χ0) is 27.1. The molecule has 0 spiro atoms. The molecule has 0 amide bonds. The predicted octanol–water partition coefficient (Wildman–Crippen LogP) is 6.04. The van der Waals surface area contributed by atoms with Crippen LogP contribution in [0.4, 0.5) is 4.39 Å². The van der Waals surface area contributed by atoms with Crippen LogP contribution in [0.5, 0.6) is 5.75 Å². The Morgan fingerprint density at radius 2 is 1.73 bits per heavy atom. The van der Waals surface area contributed by atoms with Crippen molar-refractivity contribution in [2.24, 2.45) is 4.99 Å². The SMILES string of the molecule is O=c1/c(=C/c2ccccc2OCc2ccccc2)sc2n1C(c1cccc(F)c1)C1=C(N=2)c2ccccc2CC1. The lowest BCUT2D eigenvalue weighted by Gasteiger charge is -2.30. The van der Waals surface area contributed by atoms with Crippen LogP contribution in [0.25, 0.3) is 11.8 Å². The van der Waals surface area contributed by atoms with E-state index in [2.05, 4.69) is 12.1 Å². The molecule has 0 fully saturated rings. The second-order valence-electron chi connectivity index (χ2n) is 9.98. The van der Waals surface area contributed by atoms with E-state index in [4.69, 9.17) is 9.73 Å². The third kappa shape index (κ3) is 4.40. The lowest BCUT2D eigenvalue weighted by Crippen LogP contribution is -2.38. The first-order chi connectivity index (χ1) is 19.7. The molecule has 2 aliphatic rings. The topological polar surface area (TPSA) is 43.6 Å². The third-order valence-electron chi connectivity index (χ3n) is 7.48. The van der Waals surface area contributed by atoms with Gasteiger partial charge in [0.15, 0.2) is 4.80 Å². The highest BCUT2D eigenvalue weighted by molar-refractivity contribution is 7.07. The summed E-state index contributed by atoms with van der Waals surface area (Å²) in [5.74, 6) is 0.381. The molecule has 6 heteroatoms. The molecule has 5 aromatic rings. The van der Waals surface area contributed by atoms with E-state index in [0.29, 0.717) is 21.7 Å². The number of hydrogen-bond donors (Lipinski definition) is 0. The fourth-order valence-corrected chi connectivity index (χ4v) is 6.60. The van der Waals surface area contributed by atoms with Crippen molar-refractivity contribution >= 4 is 23.1 Å². The smallest absolute Gasteiger partial charge is 0.271 e. The average molecular weight is 545 g/mol. The highest BCUT2D eigenvalue weighted by Gasteiger charge is 2.32. The fraction of sp³-hybridized carbons (Fsp3) is 0.118. The Labute approximate surface area is 234 Å². The number of ether oxygens (including phenoxy) is 1. The molecule has 1 aromatic heterocycles. The Kier molecular flexibility index (Phi) is 6.25. The Hall–Kier alpha value is -4.55. The van der Waals surface area contributed by atoms with Gasteiger partial charge in [-0.25, -0.2) is 9.38 Å². The van der Waals surface area contributed by atoms with E-state index in [1.54, 1.807) is 10.6 Å². The Balaban J connectivity index is 1.38. The van der Waals surface area contributed by atoms with Gasteiger partial charge in [-0.1, -0.05) is 96.3 Å². The molecule has 0 radical (unpaired) electrons. The number of hydrogen-bond acceptors (Lipinski definition) is 4. The summed E-state index contributed by atoms with van der Waals surface area (Å²) in [7, 11) is 0. The summed E-state index contributed by atoms with van der Waals surface area (Å²) in [6, 6.07) is 32.1. The molecular formula is C34H25FN2O2S. The number of para-hydroxylation sites is 1. The number of rotatable bonds is 5. The molecule has 0 saturated heterocycles. The van der Waals surface area contributed by atoms with Crippen LogP contribution < -0.4 is 19.6 Å². The second kappa shape index (κ2) is 10.2. The molecular weight excluding hydrogens is 519 g/mol. The Morgan fingerprint density at radius 1 is 0.925 bits per heavy atom. The summed E-state index contributed by atoms with van der Waals surface area (Å²) in [6.07, 6.45) is 3.49. The number of nitrogens with zero attached hydrogens (tertiary/aromatic N) is 2. The van der Waals surface area contributed by atoms with Crippen LogP contribution in [0.2, 0.25) is 0 Å². The van der Waals surface area contributed by atoms with Crippen LogP contribution in [-0.2, 0) is 13.0 Å². The molecule has 0 N–H and O–H groups in total. The summed E-state index contributed by atoms with van der Waals surface area (Å²) >= 11 is 1.36. The minimum Gasteiger partial charge on any atom is -0.488 e. The highest BCUT2D eigenvalue weighted by Crippen LogP contribution is 2.41. The first-order valence-corrected chi connectivity index (χ1v) is 14.1. The van der Waals surface area contributed by atoms with Crippen LogP contribution in [0.3, 0.4) is 0 Å². The molecule has 0 saturated carbocycles. The van der Waals surface area contributed by atoms with Crippen molar-refractivity contribution in [2.45, 2.75) is 25.5 Å². The first-order valence-electron chi connectivity index (χ1n) is 13.3. The van der Waals surface area contributed by atoms with Crippen LogP contribution >= 0.6 is 11.3 Å². The molecule has 4 nitrogen and oxygen atoms in total. The Morgan fingerprint density at radius 3 is 2.60 bits per heavy atom. The fourth-order valence-electron chi connectivity index (χ4n) is 5.61. The molecule has 7 rings (SSSR count). The van der Waals surface area contributed by atoms with Gasteiger partial charge in [0.2, 0.25) is 0 Å². The van der Waals surface area contributed by atoms with Crippen LogP contribution in [0, 0.1) is 5.82 Å². The van der Waals surface area contributed by atoms with Gasteiger partial charge in [0, 0.05) is 11.1 Å². The summed E-state index contributed by atoms with van der Waals surface area (Å²) in [5, 5.41) is 0. The van der Waals surface area contributed by atoms with Crippen LogP contribution in [-0.4, -0.2) is 4.57 Å². The minimum absolute atomic E-state index is 0.138. The van der Waals surface area contributed by atoms with Crippen molar-refractivity contribution in [2.75, 3.05) is 0 Å². The summed E-state index contributed by atoms with van der Waals surface area (Å²) < 4.78 is 22.9. The maximum Gasteiger partial charge on any atom is 0.271 e. The number of aryl methyl sites for hydroxylation is 1. The van der Waals surface area contributed by atoms with Gasteiger partial charge < -0.3 is 4.74 Å². The third-order valence-corrected chi connectivity index (χ3v) is 8.46. The summed E-state index contributed by atoms with van der Waals surface area (Å²) in [5.41, 5.74) is 6.78. The first kappa shape index (κ1) is 24.5. The van der Waals surface area contributed by atoms with E-state index in [1.165, 1.54) is 29.0 Å². The van der Waals surface area contributed by atoms with Gasteiger partial charge in [-0.05, 0) is 59.4 Å². The van der Waals surface area contributed by atoms with Gasteiger partial charge in [0.05, 0.1) is 16.3 Å². The molecule has 40 heavy (non-hydrogen) atoms. The molecule has 0 bridgehead atoms. The normalized spacial score (nSPS) is 16.1. The largest absolute Gasteiger partial charge is 0.488 e. The standard InChI is InChI=1S/C34H25FN2O2S/c35-26-14-8-13-25(19-26)32-28-18-17-23-11-4-6-15-27(23)31(28)36-34-37(32)33(38)30(40-34)20-24-12-5-7-16-29(24)39-21-22-9-2-1-3-10-22/h1-16,19-20,32H,17-18,21H2/b30-20-. The number of allylic oxidation sites excluding steroid dienone is 1. The molecule has 2 heterocycles. The number of benzene rings is 4. The van der Waals surface area contributed by atoms with Crippen molar-refractivity contribution in [1.29, 1.82) is 0 Å². The van der Waals surface area contributed by atoms with Gasteiger partial charge in [0.1, 0.15) is 18.2 Å². The average Bonchev–Trinajstić information content (AvgIpc) is 3.30. The quantitative estimate of drug-likeness (QED) is 0.271. The van der Waals surface area contributed by atoms with Crippen molar-refractivity contribution in [3.05, 3.63) is 162 Å². The van der Waals surface area contributed by atoms with E-state index >= 15 is 0 Å². The summed E-state index contributed by atoms with van der Waals surface area (Å²) in [4.78, 5) is 19.7. The van der Waals surface area contributed by atoms with Gasteiger partial charge in [-0.2, -0.15) is 0 Å². The number of aromatic nitrogens is 1. The molecule has 196 valence electrons. The van der Waals surface area contributed by atoms with E-state index < -0.39 is 6.04 Å². The number of halogens is 1. The monoisotopic (exact) mass is 544 g/mol. The van der Waals surface area contributed by atoms with Gasteiger partial charge in [0.25, 0.3) is 5.56 Å². The molecule has 4 aromatic carbocycles. The maximum absolute atomic E-state index is 14.4. The van der Waals surface area contributed by atoms with Crippen molar-refractivity contribution in [3.63, 3.8) is 0 Å². The van der Waals surface area contributed by atoms with Crippen molar-refractivity contribution in [1.82, 2.24) is 4.57 Å². The predicted molar refractivity (Wildman–Crippen MR) is 156 cm³/mol. The van der Waals surface area contributed by atoms with Gasteiger partial charge in [-0.15, -0.1) is 0 Å². The molecule has 1 atom stereocenters. The van der Waals surface area contributed by atoms with Crippen LogP contribution in [0.1, 0.15) is 40.3 Å². The van der Waals surface area contributed by atoms with E-state index in [-0.39, 0.29) is 11.4 Å². The number of fused-ring (bicyclic) bond motifs is 3. The summed E-state index contributed by atoms with van der Waals surface area (Å²) in [6.45, 7) is 0.429. The Bertz CT molecular complexity index is 1960. The second-order valence-corrected chi connectivity index (χ2v) is 11.0. The van der Waals surface area contributed by atoms with Gasteiger partial charge >= 0.3 is 0 Å². The van der Waals surface area contributed by atoms with Crippen molar-refractivity contribution < 1.29 is 9.13 Å². The van der Waals surface area contributed by atoms with Crippen molar-refractivity contribution in [3.8, 4) is 5.75 Å². The minimum atomic E-state index is -0.415. The number of thiazole rings is 1. The van der Waals surface area contributed by atoms with E-state index in [0.717, 1.165) is 46.4 Å². The highest BCUT2D eigenvalue weighted by atomic mass is 32.1. The zero-order valence-electron chi connectivity index (χ0n) is 21.6. The molecule has 1 aliphatic heterocycles. The zero-order valence-corrected chi connectivity index (χ0v) is 22.4. The maximum atomic E-state index is 14.4. The van der Waals surface area contributed by atoms with Gasteiger partial charge in [-0.3, -0.25) is 9.36 Å². The van der Waals surface area contributed by atoms with E-state index in [9.17, 15) is 9.18 Å². The van der Waals surface area contributed by atoms with E-state index in [1.807, 2.05) is 78.9 Å².